The Bertz CT molecular complexity index is 648. The van der Waals surface area contributed by atoms with E-state index in [1.54, 1.807) is 16.2 Å². The Morgan fingerprint density at radius 1 is 1.35 bits per heavy atom. The first-order valence-corrected chi connectivity index (χ1v) is 7.39. The van der Waals surface area contributed by atoms with Crippen LogP contribution >= 0.6 is 11.3 Å². The van der Waals surface area contributed by atoms with Gasteiger partial charge >= 0.3 is 5.97 Å². The summed E-state index contributed by atoms with van der Waals surface area (Å²) in [6, 6.07) is 6.00. The third kappa shape index (κ3) is 2.99. The molecule has 0 spiro atoms. The van der Waals surface area contributed by atoms with E-state index in [9.17, 15) is 9.59 Å². The maximum atomic E-state index is 12.5. The Morgan fingerprint density at radius 3 is 2.75 bits per heavy atom. The van der Waals surface area contributed by atoms with Gasteiger partial charge < -0.3 is 10.0 Å². The summed E-state index contributed by atoms with van der Waals surface area (Å²) in [5.74, 6) is -0.981. The van der Waals surface area contributed by atoms with Crippen molar-refractivity contribution in [2.75, 3.05) is 13.1 Å². The summed E-state index contributed by atoms with van der Waals surface area (Å²) < 4.78 is 1.09. The van der Waals surface area contributed by atoms with E-state index in [1.165, 1.54) is 0 Å². The number of benzene rings is 1. The molecule has 20 heavy (non-hydrogen) atoms. The van der Waals surface area contributed by atoms with Gasteiger partial charge in [-0.25, -0.2) is 0 Å². The van der Waals surface area contributed by atoms with Crippen LogP contribution in [0.15, 0.2) is 23.6 Å². The van der Waals surface area contributed by atoms with Crippen molar-refractivity contribution in [2.24, 2.45) is 0 Å². The molecule has 0 fully saturated rings. The second kappa shape index (κ2) is 6.05. The van der Waals surface area contributed by atoms with Gasteiger partial charge in [0.25, 0.3) is 5.91 Å². The largest absolute Gasteiger partial charge is 0.481 e. The van der Waals surface area contributed by atoms with Crippen molar-refractivity contribution < 1.29 is 14.7 Å². The Balaban J connectivity index is 2.27. The molecule has 4 nitrogen and oxygen atoms in total. The summed E-state index contributed by atoms with van der Waals surface area (Å²) in [6.45, 7) is 4.63. The van der Waals surface area contributed by atoms with Crippen LogP contribution in [0.3, 0.4) is 0 Å². The predicted octanol–water partition coefficient (Wildman–Crippen LogP) is 3.15. The molecule has 0 aliphatic heterocycles. The highest BCUT2D eigenvalue weighted by molar-refractivity contribution is 7.17. The molecule has 0 radical (unpaired) electrons. The Kier molecular flexibility index (Phi) is 4.39. The van der Waals surface area contributed by atoms with Crippen LogP contribution in [0.2, 0.25) is 0 Å². The molecule has 1 aromatic heterocycles. The Labute approximate surface area is 121 Å². The second-order valence-electron chi connectivity index (χ2n) is 4.68. The number of thiophene rings is 1. The maximum absolute atomic E-state index is 12.5. The van der Waals surface area contributed by atoms with E-state index < -0.39 is 5.97 Å². The number of aliphatic carboxylic acids is 1. The number of aryl methyl sites for hydroxylation is 1. The molecule has 0 atom stereocenters. The highest BCUT2D eigenvalue weighted by atomic mass is 32.1. The van der Waals surface area contributed by atoms with Crippen molar-refractivity contribution in [3.8, 4) is 0 Å². The highest BCUT2D eigenvalue weighted by Crippen LogP contribution is 2.27. The lowest BCUT2D eigenvalue weighted by Gasteiger charge is -2.19. The normalized spacial score (nSPS) is 10.7. The lowest BCUT2D eigenvalue weighted by Crippen LogP contribution is -2.32. The fourth-order valence-corrected chi connectivity index (χ4v) is 3.14. The maximum Gasteiger partial charge on any atom is 0.305 e. The van der Waals surface area contributed by atoms with E-state index in [4.69, 9.17) is 5.11 Å². The van der Waals surface area contributed by atoms with E-state index in [-0.39, 0.29) is 18.9 Å². The van der Waals surface area contributed by atoms with Crippen LogP contribution in [0.5, 0.6) is 0 Å². The van der Waals surface area contributed by atoms with Gasteiger partial charge in [0, 0.05) is 28.6 Å². The summed E-state index contributed by atoms with van der Waals surface area (Å²) in [4.78, 5) is 24.7. The second-order valence-corrected chi connectivity index (χ2v) is 5.59. The molecule has 0 saturated carbocycles. The third-order valence-electron chi connectivity index (χ3n) is 3.23. The van der Waals surface area contributed by atoms with E-state index in [2.05, 4.69) is 6.07 Å². The minimum atomic E-state index is -0.887. The first-order chi connectivity index (χ1) is 9.52. The van der Waals surface area contributed by atoms with Gasteiger partial charge in [-0.15, -0.1) is 11.3 Å². The van der Waals surface area contributed by atoms with Gasteiger partial charge in [-0.2, -0.15) is 0 Å². The summed E-state index contributed by atoms with van der Waals surface area (Å²) in [6.07, 6.45) is -0.0270. The summed E-state index contributed by atoms with van der Waals surface area (Å²) in [5, 5.41) is 11.5. The van der Waals surface area contributed by atoms with Crippen molar-refractivity contribution >= 4 is 33.3 Å². The van der Waals surface area contributed by atoms with Gasteiger partial charge in [-0.1, -0.05) is 12.1 Å². The fraction of sp³-hybridized carbons (Fsp3) is 0.333. The zero-order valence-corrected chi connectivity index (χ0v) is 12.4. The van der Waals surface area contributed by atoms with E-state index in [1.807, 2.05) is 31.4 Å². The van der Waals surface area contributed by atoms with Crippen LogP contribution in [-0.2, 0) is 4.79 Å². The van der Waals surface area contributed by atoms with Gasteiger partial charge in [0.2, 0.25) is 0 Å². The van der Waals surface area contributed by atoms with Crippen molar-refractivity contribution in [1.29, 1.82) is 0 Å². The number of carboxylic acids is 1. The SMILES string of the molecule is CCN(CCC(=O)O)C(=O)c1csc2cc(C)ccc12. The molecule has 0 aliphatic carbocycles. The van der Waals surface area contributed by atoms with Crippen molar-refractivity contribution in [3.05, 3.63) is 34.7 Å². The third-order valence-corrected chi connectivity index (χ3v) is 4.17. The van der Waals surface area contributed by atoms with Crippen molar-refractivity contribution in [1.82, 2.24) is 4.90 Å². The van der Waals surface area contributed by atoms with Crippen LogP contribution in [0.4, 0.5) is 0 Å². The molecule has 0 saturated heterocycles. The molecule has 1 aromatic carbocycles. The van der Waals surface area contributed by atoms with E-state index in [0.717, 1.165) is 15.6 Å². The van der Waals surface area contributed by atoms with Crippen LogP contribution in [-0.4, -0.2) is 35.0 Å². The average molecular weight is 291 g/mol. The first kappa shape index (κ1) is 14.5. The molecule has 0 unspecified atom stereocenters. The predicted molar refractivity (Wildman–Crippen MR) is 80.4 cm³/mol. The van der Waals surface area contributed by atoms with Crippen LogP contribution in [0, 0.1) is 6.92 Å². The zero-order valence-electron chi connectivity index (χ0n) is 11.5. The minimum Gasteiger partial charge on any atom is -0.481 e. The van der Waals surface area contributed by atoms with Gasteiger partial charge in [-0.3, -0.25) is 9.59 Å². The van der Waals surface area contributed by atoms with Crippen LogP contribution in [0.25, 0.3) is 10.1 Å². The van der Waals surface area contributed by atoms with Crippen molar-refractivity contribution in [2.45, 2.75) is 20.3 Å². The zero-order chi connectivity index (χ0) is 14.7. The topological polar surface area (TPSA) is 57.6 Å². The molecule has 1 N–H and O–H groups in total. The lowest BCUT2D eigenvalue weighted by molar-refractivity contribution is -0.137. The Morgan fingerprint density at radius 2 is 2.10 bits per heavy atom. The number of rotatable bonds is 5. The Hall–Kier alpha value is -1.88. The molecule has 2 rings (SSSR count). The molecule has 5 heteroatoms. The average Bonchev–Trinajstić information content (AvgIpc) is 2.81. The smallest absolute Gasteiger partial charge is 0.305 e. The van der Waals surface area contributed by atoms with Crippen LogP contribution in [0.1, 0.15) is 29.3 Å². The van der Waals surface area contributed by atoms with Crippen molar-refractivity contribution in [3.63, 3.8) is 0 Å². The van der Waals surface area contributed by atoms with Gasteiger partial charge in [0.15, 0.2) is 0 Å². The molecule has 2 aromatic rings. The van der Waals surface area contributed by atoms with Crippen LogP contribution < -0.4 is 0 Å². The van der Waals surface area contributed by atoms with Gasteiger partial charge in [0.1, 0.15) is 0 Å². The number of hydrogen-bond acceptors (Lipinski definition) is 3. The molecule has 0 aliphatic rings. The van der Waals surface area contributed by atoms with Gasteiger partial charge in [-0.05, 0) is 25.5 Å². The minimum absolute atomic E-state index is 0.0270. The number of carbonyl (C=O) groups is 2. The van der Waals surface area contributed by atoms with E-state index >= 15 is 0 Å². The number of amides is 1. The molecular weight excluding hydrogens is 274 g/mol. The standard InChI is InChI=1S/C15H17NO3S/c1-3-16(7-6-14(17)18)15(19)12-9-20-13-8-10(2)4-5-11(12)13/h4-5,8-9H,3,6-7H2,1-2H3,(H,17,18). The summed E-state index contributed by atoms with van der Waals surface area (Å²) in [7, 11) is 0. The first-order valence-electron chi connectivity index (χ1n) is 6.52. The number of carboxylic acid groups (broad SMARTS) is 1. The number of hydrogen-bond donors (Lipinski definition) is 1. The lowest BCUT2D eigenvalue weighted by atomic mass is 10.1. The summed E-state index contributed by atoms with van der Waals surface area (Å²) >= 11 is 1.54. The monoisotopic (exact) mass is 291 g/mol. The fourth-order valence-electron chi connectivity index (χ4n) is 2.11. The van der Waals surface area contributed by atoms with E-state index in [0.29, 0.717) is 12.1 Å². The quantitative estimate of drug-likeness (QED) is 0.920. The molecule has 106 valence electrons. The molecule has 1 heterocycles. The number of nitrogens with zero attached hydrogens (tertiary/aromatic N) is 1. The highest BCUT2D eigenvalue weighted by Gasteiger charge is 2.18. The molecule has 1 amide bonds. The summed E-state index contributed by atoms with van der Waals surface area (Å²) in [5.41, 5.74) is 1.83. The molecular formula is C15H17NO3S. The number of fused-ring (bicyclic) bond motifs is 1. The van der Waals surface area contributed by atoms with Gasteiger partial charge in [0.05, 0.1) is 12.0 Å². The molecule has 0 bridgehead atoms. The number of carbonyl (C=O) groups excluding carboxylic acids is 1.